The quantitative estimate of drug-likeness (QED) is 0.0694. The molecule has 0 radical (unpaired) electrons. The first-order chi connectivity index (χ1) is 26.0. The third-order valence-electron chi connectivity index (χ3n) is 10.2. The van der Waals surface area contributed by atoms with Gasteiger partial charge < -0.3 is 39.3 Å². The van der Waals surface area contributed by atoms with Crippen molar-refractivity contribution in [2.75, 3.05) is 39.5 Å². The molecule has 1 aromatic carbocycles. The summed E-state index contributed by atoms with van der Waals surface area (Å²) in [4.78, 5) is 34.6. The molecule has 12 heteroatoms. The molecule has 1 fully saturated rings. The van der Waals surface area contributed by atoms with Crippen LogP contribution in [-0.4, -0.2) is 90.0 Å². The number of carbonyl (C=O) groups excluding carboxylic acids is 2. The lowest BCUT2D eigenvalue weighted by atomic mass is 9.55. The summed E-state index contributed by atoms with van der Waals surface area (Å²) < 4.78 is 25.7. The summed E-state index contributed by atoms with van der Waals surface area (Å²) in [5, 5.41) is 27.2. The third-order valence-corrected chi connectivity index (χ3v) is 10.2. The average molecular weight is 754 g/mol. The van der Waals surface area contributed by atoms with Gasteiger partial charge in [-0.1, -0.05) is 43.1 Å². The molecule has 6 unspecified atom stereocenters. The minimum absolute atomic E-state index is 0.0285. The number of allylic oxidation sites excluding steroid dienone is 1. The van der Waals surface area contributed by atoms with Gasteiger partial charge in [0.2, 0.25) is 5.79 Å². The van der Waals surface area contributed by atoms with E-state index in [4.69, 9.17) is 28.9 Å². The lowest BCUT2D eigenvalue weighted by Crippen LogP contribution is -2.70. The lowest BCUT2D eigenvalue weighted by Gasteiger charge is -2.60. The van der Waals surface area contributed by atoms with E-state index in [2.05, 4.69) is 24.6 Å². The standard InChI is InChI=1S/C42H63N3O9/c1-8-12-25-50-40(49)45(21-9-2)36-28-34(44-54-41(5,6)7)32-26-29(17-13-15-22-46)31(18-14-16-23-47)37-33-27-30(52-39(48)43-11-4)19-20-35(33)53-42(36,38(32)37)51-24-10-3/h8,10,19-20,26-27,29,31,36-38,46-47H,1,3,9,11-18,21-25,28H2,2,4-7H3,(H,43,48). The fraction of sp³-hybridized carbons (Fsp3) is 0.643. The number of hydrogen-bond donors (Lipinski definition) is 3. The molecule has 3 aliphatic rings. The van der Waals surface area contributed by atoms with E-state index in [9.17, 15) is 19.8 Å². The van der Waals surface area contributed by atoms with Crippen molar-refractivity contribution in [3.05, 3.63) is 60.7 Å². The van der Waals surface area contributed by atoms with Crippen LogP contribution in [0.2, 0.25) is 0 Å². The molecule has 0 saturated heterocycles. The largest absolute Gasteiger partial charge is 0.459 e. The molecule has 12 nitrogen and oxygen atoms in total. The highest BCUT2D eigenvalue weighted by Crippen LogP contribution is 2.62. The van der Waals surface area contributed by atoms with Gasteiger partial charge in [0.25, 0.3) is 0 Å². The summed E-state index contributed by atoms with van der Waals surface area (Å²) in [5.74, 6) is -1.11. The zero-order valence-corrected chi connectivity index (χ0v) is 33.0. The van der Waals surface area contributed by atoms with Gasteiger partial charge in [-0.3, -0.25) is 4.90 Å². The highest BCUT2D eigenvalue weighted by Gasteiger charge is 2.65. The Labute approximate surface area is 321 Å². The minimum Gasteiger partial charge on any atom is -0.459 e. The topological polar surface area (TPSA) is 148 Å². The number of aliphatic hydroxyl groups excluding tert-OH is 2. The molecule has 1 saturated carbocycles. The number of benzene rings is 1. The van der Waals surface area contributed by atoms with E-state index in [1.54, 1.807) is 23.1 Å². The first-order valence-corrected chi connectivity index (χ1v) is 19.7. The van der Waals surface area contributed by atoms with Crippen molar-refractivity contribution in [2.45, 2.75) is 116 Å². The Morgan fingerprint density at radius 3 is 2.48 bits per heavy atom. The van der Waals surface area contributed by atoms with Crippen LogP contribution in [0.3, 0.4) is 0 Å². The molecule has 0 spiro atoms. The molecule has 3 N–H and O–H groups in total. The number of ether oxygens (including phenoxy) is 4. The predicted molar refractivity (Wildman–Crippen MR) is 209 cm³/mol. The summed E-state index contributed by atoms with van der Waals surface area (Å²) in [7, 11) is 0. The molecule has 0 bridgehead atoms. The van der Waals surface area contributed by atoms with Crippen LogP contribution in [0.4, 0.5) is 9.59 Å². The fourth-order valence-corrected chi connectivity index (χ4v) is 8.12. The number of unbranched alkanes of at least 4 members (excludes halogenated alkanes) is 2. The van der Waals surface area contributed by atoms with Crippen LogP contribution in [0.15, 0.2) is 60.3 Å². The van der Waals surface area contributed by atoms with Crippen LogP contribution in [0.5, 0.6) is 11.5 Å². The van der Waals surface area contributed by atoms with Crippen molar-refractivity contribution in [3.63, 3.8) is 0 Å². The van der Waals surface area contributed by atoms with Crippen molar-refractivity contribution in [1.29, 1.82) is 0 Å². The maximum Gasteiger partial charge on any atom is 0.412 e. The Bertz CT molecular complexity index is 1490. The van der Waals surface area contributed by atoms with Crippen molar-refractivity contribution in [1.82, 2.24) is 10.2 Å². The molecular weight excluding hydrogens is 690 g/mol. The van der Waals surface area contributed by atoms with Gasteiger partial charge in [-0.05, 0) is 102 Å². The average Bonchev–Trinajstić information content (AvgIpc) is 3.13. The first-order valence-electron chi connectivity index (χ1n) is 19.7. The maximum atomic E-state index is 14.1. The summed E-state index contributed by atoms with van der Waals surface area (Å²) in [6, 6.07) is 4.73. The minimum atomic E-state index is -1.40. The number of carbonyl (C=O) groups is 2. The number of aliphatic hydroxyl groups is 2. The Balaban J connectivity index is 2.05. The smallest absolute Gasteiger partial charge is 0.412 e. The van der Waals surface area contributed by atoms with Crippen molar-refractivity contribution in [3.8, 4) is 11.5 Å². The van der Waals surface area contributed by atoms with Crippen LogP contribution >= 0.6 is 0 Å². The molecule has 1 aromatic rings. The second kappa shape index (κ2) is 20.2. The van der Waals surface area contributed by atoms with Gasteiger partial charge in [0, 0.05) is 44.2 Å². The predicted octanol–water partition coefficient (Wildman–Crippen LogP) is 7.65. The van der Waals surface area contributed by atoms with Gasteiger partial charge in [-0.2, -0.15) is 0 Å². The van der Waals surface area contributed by atoms with Crippen LogP contribution in [0.25, 0.3) is 0 Å². The summed E-state index contributed by atoms with van der Waals surface area (Å²) in [6.45, 7) is 18.7. The fourth-order valence-electron chi connectivity index (χ4n) is 8.12. The van der Waals surface area contributed by atoms with Gasteiger partial charge in [-0.15, -0.1) is 13.2 Å². The number of fused-ring (bicyclic) bond motifs is 2. The zero-order chi connectivity index (χ0) is 39.3. The van der Waals surface area contributed by atoms with E-state index in [0.717, 1.165) is 36.8 Å². The Morgan fingerprint density at radius 2 is 1.83 bits per heavy atom. The Hall–Kier alpha value is -3.87. The van der Waals surface area contributed by atoms with Crippen LogP contribution in [0.1, 0.15) is 104 Å². The van der Waals surface area contributed by atoms with E-state index in [1.807, 2.05) is 46.8 Å². The van der Waals surface area contributed by atoms with E-state index >= 15 is 0 Å². The van der Waals surface area contributed by atoms with Gasteiger partial charge in [0.05, 0.1) is 24.8 Å². The number of nitrogens with zero attached hydrogens (tertiary/aromatic N) is 2. The molecule has 2 aliphatic carbocycles. The number of amides is 2. The zero-order valence-electron chi connectivity index (χ0n) is 33.0. The van der Waals surface area contributed by atoms with Crippen LogP contribution in [0, 0.1) is 17.8 Å². The van der Waals surface area contributed by atoms with Gasteiger partial charge in [0.1, 0.15) is 23.1 Å². The van der Waals surface area contributed by atoms with Crippen LogP contribution in [-0.2, 0) is 14.3 Å². The number of nitrogens with one attached hydrogen (secondary N) is 1. The molecule has 1 heterocycles. The SMILES string of the molecule is C=CCCOC(=O)N(CCC)C1CC(=NOC(C)(C)C)C2=CC(CCCCO)C(CCCCO)C3c4cc(OC(=O)NCC)ccc4OC1(OCC=C)C23. The number of oxime groups is 1. The second-order valence-corrected chi connectivity index (χ2v) is 15.3. The molecule has 6 atom stereocenters. The van der Waals surface area contributed by atoms with Gasteiger partial charge in [-0.25, -0.2) is 9.59 Å². The Morgan fingerprint density at radius 1 is 1.09 bits per heavy atom. The summed E-state index contributed by atoms with van der Waals surface area (Å²) in [6.07, 6.45) is 10.6. The van der Waals surface area contributed by atoms with Crippen LogP contribution < -0.4 is 14.8 Å². The van der Waals surface area contributed by atoms with Crippen molar-refractivity contribution in [2.24, 2.45) is 22.9 Å². The summed E-state index contributed by atoms with van der Waals surface area (Å²) in [5.41, 5.74) is 1.89. The molecule has 1 aliphatic heterocycles. The second-order valence-electron chi connectivity index (χ2n) is 15.3. The van der Waals surface area contributed by atoms with E-state index in [-0.39, 0.29) is 50.6 Å². The van der Waals surface area contributed by atoms with Gasteiger partial charge >= 0.3 is 12.2 Å². The molecular formula is C42H63N3O9. The molecule has 54 heavy (non-hydrogen) atoms. The lowest BCUT2D eigenvalue weighted by molar-refractivity contribution is -0.255. The van der Waals surface area contributed by atoms with Gasteiger partial charge in [0.15, 0.2) is 0 Å². The third kappa shape index (κ3) is 10.2. The highest BCUT2D eigenvalue weighted by atomic mass is 16.7. The molecule has 300 valence electrons. The van der Waals surface area contributed by atoms with E-state index < -0.39 is 35.5 Å². The molecule has 4 rings (SSSR count). The first kappa shape index (κ1) is 42.9. The molecule has 2 amide bonds. The number of hydrogen-bond acceptors (Lipinski definition) is 10. The van der Waals surface area contributed by atoms with Crippen molar-refractivity contribution < 1.29 is 43.6 Å². The Kier molecular flexibility index (Phi) is 16.0. The van der Waals surface area contributed by atoms with E-state index in [0.29, 0.717) is 56.0 Å². The maximum absolute atomic E-state index is 14.1. The summed E-state index contributed by atoms with van der Waals surface area (Å²) >= 11 is 0. The number of rotatable bonds is 20. The van der Waals surface area contributed by atoms with E-state index in [1.165, 1.54) is 0 Å². The van der Waals surface area contributed by atoms with Crippen molar-refractivity contribution >= 4 is 17.9 Å². The molecule has 0 aromatic heterocycles. The monoisotopic (exact) mass is 753 g/mol. The highest BCUT2D eigenvalue weighted by molar-refractivity contribution is 6.03. The normalized spacial score (nSPS) is 25.0.